The second kappa shape index (κ2) is 7.66. The second-order valence-corrected chi connectivity index (χ2v) is 7.09. The van der Waals surface area contributed by atoms with E-state index >= 15 is 0 Å². The molecular formula is C17H20FN5OS. The lowest BCUT2D eigenvalue weighted by Gasteiger charge is -2.27. The molecule has 2 rings (SSSR count). The van der Waals surface area contributed by atoms with Crippen LogP contribution in [0.5, 0.6) is 0 Å². The van der Waals surface area contributed by atoms with Gasteiger partial charge in [-0.2, -0.15) is 5.26 Å². The molecule has 0 saturated heterocycles. The molecular weight excluding hydrogens is 341 g/mol. The third-order valence-corrected chi connectivity index (χ3v) is 5.09. The molecule has 0 fully saturated rings. The van der Waals surface area contributed by atoms with Gasteiger partial charge in [-0.1, -0.05) is 37.7 Å². The molecule has 0 aliphatic heterocycles. The summed E-state index contributed by atoms with van der Waals surface area (Å²) >= 11 is 1.18. The molecule has 0 radical (unpaired) electrons. The van der Waals surface area contributed by atoms with Crippen LogP contribution in [0.1, 0.15) is 20.8 Å². The van der Waals surface area contributed by atoms with Crippen molar-refractivity contribution in [1.82, 2.24) is 20.1 Å². The number of thioether (sulfide) groups is 1. The van der Waals surface area contributed by atoms with Gasteiger partial charge in [0.25, 0.3) is 0 Å². The minimum Gasteiger partial charge on any atom is -0.337 e. The van der Waals surface area contributed by atoms with Crippen molar-refractivity contribution in [3.63, 3.8) is 0 Å². The standard InChI is InChI=1S/C17H20FN5OS/c1-11(2)17(3,10-19)20-14(24)9-25-16-22-21-15(23(16)4)12-7-5-6-8-13(12)18/h5-8,11H,9H2,1-4H3,(H,20,24). The summed E-state index contributed by atoms with van der Waals surface area (Å²) in [5.74, 6) is -0.182. The van der Waals surface area contributed by atoms with E-state index in [1.807, 2.05) is 13.8 Å². The first-order valence-electron chi connectivity index (χ1n) is 7.78. The Balaban J connectivity index is 2.07. The Kier molecular flexibility index (Phi) is 5.80. The number of carbonyl (C=O) groups excluding carboxylic acids is 1. The maximum absolute atomic E-state index is 13.9. The molecule has 0 saturated carbocycles. The molecule has 0 aliphatic rings. The summed E-state index contributed by atoms with van der Waals surface area (Å²) in [4.78, 5) is 12.1. The van der Waals surface area contributed by atoms with Gasteiger partial charge in [0.15, 0.2) is 11.0 Å². The molecule has 2 aromatic rings. The maximum atomic E-state index is 13.9. The normalized spacial score (nSPS) is 13.3. The van der Waals surface area contributed by atoms with Crippen LogP contribution in [0, 0.1) is 23.1 Å². The minimum atomic E-state index is -0.921. The van der Waals surface area contributed by atoms with Crippen molar-refractivity contribution >= 4 is 17.7 Å². The van der Waals surface area contributed by atoms with Gasteiger partial charge in [-0.05, 0) is 25.0 Å². The topological polar surface area (TPSA) is 83.6 Å². The fraction of sp³-hybridized carbons (Fsp3) is 0.412. The monoisotopic (exact) mass is 361 g/mol. The van der Waals surface area contributed by atoms with Crippen molar-refractivity contribution < 1.29 is 9.18 Å². The number of carbonyl (C=O) groups is 1. The largest absolute Gasteiger partial charge is 0.337 e. The lowest BCUT2D eigenvalue weighted by molar-refractivity contribution is -0.120. The van der Waals surface area contributed by atoms with Crippen LogP contribution in [0.25, 0.3) is 11.4 Å². The molecule has 1 aromatic carbocycles. The number of hydrogen-bond acceptors (Lipinski definition) is 5. The zero-order valence-electron chi connectivity index (χ0n) is 14.6. The van der Waals surface area contributed by atoms with Gasteiger partial charge in [-0.15, -0.1) is 10.2 Å². The first kappa shape index (κ1) is 18.9. The predicted molar refractivity (Wildman–Crippen MR) is 94.1 cm³/mol. The summed E-state index contributed by atoms with van der Waals surface area (Å²) in [6.07, 6.45) is 0. The number of hydrogen-bond donors (Lipinski definition) is 1. The molecule has 1 aromatic heterocycles. The lowest BCUT2D eigenvalue weighted by atomic mass is 9.90. The molecule has 1 unspecified atom stereocenters. The first-order valence-corrected chi connectivity index (χ1v) is 8.76. The zero-order chi connectivity index (χ0) is 18.6. The van der Waals surface area contributed by atoms with Gasteiger partial charge in [0.1, 0.15) is 11.4 Å². The molecule has 1 atom stereocenters. The number of nitriles is 1. The van der Waals surface area contributed by atoms with Crippen LogP contribution in [-0.2, 0) is 11.8 Å². The summed E-state index contributed by atoms with van der Waals surface area (Å²) in [6, 6.07) is 8.45. The van der Waals surface area contributed by atoms with Crippen molar-refractivity contribution in [2.24, 2.45) is 13.0 Å². The van der Waals surface area contributed by atoms with Gasteiger partial charge in [-0.25, -0.2) is 4.39 Å². The van der Waals surface area contributed by atoms with Crippen molar-refractivity contribution in [3.8, 4) is 17.5 Å². The maximum Gasteiger partial charge on any atom is 0.231 e. The van der Waals surface area contributed by atoms with Gasteiger partial charge in [-0.3, -0.25) is 4.79 Å². The number of halogens is 1. The van der Waals surface area contributed by atoms with Crippen LogP contribution in [0.4, 0.5) is 4.39 Å². The van der Waals surface area contributed by atoms with E-state index in [2.05, 4.69) is 21.6 Å². The molecule has 25 heavy (non-hydrogen) atoms. The zero-order valence-corrected chi connectivity index (χ0v) is 15.4. The summed E-state index contributed by atoms with van der Waals surface area (Å²) in [5, 5.41) is 20.5. The summed E-state index contributed by atoms with van der Waals surface area (Å²) in [7, 11) is 1.72. The molecule has 1 heterocycles. The van der Waals surface area contributed by atoms with Crippen molar-refractivity contribution in [2.75, 3.05) is 5.75 Å². The van der Waals surface area contributed by atoms with Gasteiger partial charge < -0.3 is 9.88 Å². The van der Waals surface area contributed by atoms with Gasteiger partial charge in [0.05, 0.1) is 17.4 Å². The summed E-state index contributed by atoms with van der Waals surface area (Å²) in [6.45, 7) is 5.44. The van der Waals surface area contributed by atoms with E-state index in [1.165, 1.54) is 17.8 Å². The highest BCUT2D eigenvalue weighted by atomic mass is 32.2. The Bertz CT molecular complexity index is 814. The molecule has 132 valence electrons. The molecule has 8 heteroatoms. The van der Waals surface area contributed by atoms with Crippen LogP contribution >= 0.6 is 11.8 Å². The molecule has 1 N–H and O–H groups in total. The smallest absolute Gasteiger partial charge is 0.231 e. The Hall–Kier alpha value is -2.40. The van der Waals surface area contributed by atoms with Gasteiger partial charge in [0, 0.05) is 7.05 Å². The second-order valence-electron chi connectivity index (χ2n) is 6.15. The van der Waals surface area contributed by atoms with Crippen LogP contribution in [-0.4, -0.2) is 32.0 Å². The number of nitrogens with one attached hydrogen (secondary N) is 1. The summed E-state index contributed by atoms with van der Waals surface area (Å²) in [5.41, 5.74) is -0.568. The molecule has 1 amide bonds. The van der Waals surface area contributed by atoms with E-state index < -0.39 is 5.54 Å². The molecule has 6 nitrogen and oxygen atoms in total. The van der Waals surface area contributed by atoms with E-state index in [-0.39, 0.29) is 23.4 Å². The lowest BCUT2D eigenvalue weighted by Crippen LogP contribution is -2.49. The fourth-order valence-electron chi connectivity index (χ4n) is 2.07. The van der Waals surface area contributed by atoms with Crippen LogP contribution in [0.15, 0.2) is 29.4 Å². The molecule has 0 bridgehead atoms. The third-order valence-electron chi connectivity index (χ3n) is 4.07. The highest BCUT2D eigenvalue weighted by Gasteiger charge is 2.30. The van der Waals surface area contributed by atoms with Gasteiger partial charge >= 0.3 is 0 Å². The number of benzene rings is 1. The number of amides is 1. The van der Waals surface area contributed by atoms with E-state index in [4.69, 9.17) is 0 Å². The quantitative estimate of drug-likeness (QED) is 0.800. The van der Waals surface area contributed by atoms with E-state index in [0.717, 1.165) is 0 Å². The Morgan fingerprint density at radius 3 is 2.72 bits per heavy atom. The number of nitrogens with zero attached hydrogens (tertiary/aromatic N) is 4. The van der Waals surface area contributed by atoms with E-state index in [9.17, 15) is 14.4 Å². The third kappa shape index (κ3) is 4.17. The van der Waals surface area contributed by atoms with Crippen LogP contribution < -0.4 is 5.32 Å². The van der Waals surface area contributed by atoms with E-state index in [0.29, 0.717) is 16.5 Å². The number of rotatable bonds is 6. The van der Waals surface area contributed by atoms with E-state index in [1.54, 1.807) is 36.7 Å². The molecule has 0 aliphatic carbocycles. The van der Waals surface area contributed by atoms with Gasteiger partial charge in [0.2, 0.25) is 5.91 Å². The predicted octanol–water partition coefficient (Wildman–Crippen LogP) is 2.77. The Labute approximate surface area is 150 Å². The average Bonchev–Trinajstić information content (AvgIpc) is 2.94. The number of aromatic nitrogens is 3. The van der Waals surface area contributed by atoms with Crippen LogP contribution in [0.2, 0.25) is 0 Å². The first-order chi connectivity index (χ1) is 11.8. The van der Waals surface area contributed by atoms with Crippen molar-refractivity contribution in [3.05, 3.63) is 30.1 Å². The molecule has 0 spiro atoms. The van der Waals surface area contributed by atoms with Crippen LogP contribution in [0.3, 0.4) is 0 Å². The Morgan fingerprint density at radius 2 is 2.12 bits per heavy atom. The van der Waals surface area contributed by atoms with Crippen molar-refractivity contribution in [2.45, 2.75) is 31.5 Å². The summed E-state index contributed by atoms with van der Waals surface area (Å²) < 4.78 is 15.5. The SMILES string of the molecule is CC(C)C(C)(C#N)NC(=O)CSc1nnc(-c2ccccc2F)n1C. The highest BCUT2D eigenvalue weighted by molar-refractivity contribution is 7.99. The highest BCUT2D eigenvalue weighted by Crippen LogP contribution is 2.24. The Morgan fingerprint density at radius 1 is 1.44 bits per heavy atom. The average molecular weight is 361 g/mol. The minimum absolute atomic E-state index is 0.0195. The fourth-order valence-corrected chi connectivity index (χ4v) is 2.79. The van der Waals surface area contributed by atoms with Crippen molar-refractivity contribution in [1.29, 1.82) is 5.26 Å².